The van der Waals surface area contributed by atoms with Gasteiger partial charge in [-0.3, -0.25) is 4.99 Å². The van der Waals surface area contributed by atoms with E-state index in [1.165, 1.54) is 6.07 Å². The maximum Gasteiger partial charge on any atom is 0.212 e. The first-order valence-electron chi connectivity index (χ1n) is 8.35. The molecule has 2 aromatic rings. The Balaban J connectivity index is 1.55. The van der Waals surface area contributed by atoms with E-state index in [4.69, 9.17) is 4.74 Å². The zero-order valence-electron chi connectivity index (χ0n) is 14.6. The average Bonchev–Trinajstić information content (AvgIpc) is 3.43. The van der Waals surface area contributed by atoms with Crippen molar-refractivity contribution in [3.05, 3.63) is 59.5 Å². The van der Waals surface area contributed by atoms with Crippen molar-refractivity contribution in [3.63, 3.8) is 0 Å². The number of hydrogen-bond donors (Lipinski definition) is 2. The maximum atomic E-state index is 14.1. The third-order valence-electron chi connectivity index (χ3n) is 4.58. The quantitative estimate of drug-likeness (QED) is 0.626. The number of methoxy groups -OCH3 is 1. The summed E-state index contributed by atoms with van der Waals surface area (Å²) in [5.74, 6) is 1.15. The Hall–Kier alpha value is -2.63. The summed E-state index contributed by atoms with van der Waals surface area (Å²) in [6.07, 6.45) is 3.74. The molecule has 0 bridgehead atoms. The summed E-state index contributed by atoms with van der Waals surface area (Å²) < 4.78 is 19.1. The lowest BCUT2D eigenvalue weighted by Crippen LogP contribution is -2.41. The average molecular weight is 342 g/mol. The van der Waals surface area contributed by atoms with Gasteiger partial charge >= 0.3 is 0 Å². The van der Waals surface area contributed by atoms with Gasteiger partial charge in [0, 0.05) is 37.8 Å². The van der Waals surface area contributed by atoms with E-state index in [2.05, 4.69) is 20.6 Å². The highest BCUT2D eigenvalue weighted by molar-refractivity contribution is 5.79. The number of halogens is 1. The second-order valence-corrected chi connectivity index (χ2v) is 6.25. The van der Waals surface area contributed by atoms with Crippen LogP contribution in [0, 0.1) is 5.82 Å². The van der Waals surface area contributed by atoms with Gasteiger partial charge in [0.15, 0.2) is 5.96 Å². The third-order valence-corrected chi connectivity index (χ3v) is 4.58. The molecule has 132 valence electrons. The molecule has 6 heteroatoms. The van der Waals surface area contributed by atoms with Crippen LogP contribution in [0.25, 0.3) is 0 Å². The smallest absolute Gasteiger partial charge is 0.212 e. The molecule has 0 radical (unpaired) electrons. The lowest BCUT2D eigenvalue weighted by atomic mass is 9.95. The first kappa shape index (κ1) is 17.2. The predicted octanol–water partition coefficient (Wildman–Crippen LogP) is 2.63. The third kappa shape index (κ3) is 4.07. The Kier molecular flexibility index (Phi) is 5.16. The molecule has 0 amide bonds. The Labute approximate surface area is 147 Å². The van der Waals surface area contributed by atoms with Crippen LogP contribution in [0.1, 0.15) is 24.0 Å². The molecule has 1 aromatic heterocycles. The summed E-state index contributed by atoms with van der Waals surface area (Å²) in [6, 6.07) is 10.8. The fourth-order valence-corrected chi connectivity index (χ4v) is 2.88. The topological polar surface area (TPSA) is 58.5 Å². The minimum atomic E-state index is -0.131. The Bertz CT molecular complexity index is 741. The number of hydrogen-bond acceptors (Lipinski definition) is 3. The van der Waals surface area contributed by atoms with E-state index < -0.39 is 0 Å². The zero-order valence-corrected chi connectivity index (χ0v) is 14.6. The molecule has 0 aliphatic heterocycles. The number of aliphatic imine (C=N–C) groups is 1. The van der Waals surface area contributed by atoms with E-state index in [-0.39, 0.29) is 11.2 Å². The molecule has 1 aliphatic carbocycles. The second-order valence-electron chi connectivity index (χ2n) is 6.25. The highest BCUT2D eigenvalue weighted by atomic mass is 19.1. The normalized spacial score (nSPS) is 15.6. The van der Waals surface area contributed by atoms with Gasteiger partial charge in [-0.15, -0.1) is 0 Å². The van der Waals surface area contributed by atoms with Gasteiger partial charge in [0.05, 0.1) is 7.11 Å². The standard InChI is InChI=1S/C19H23FN4O/c1-21-18(23-12-14-7-8-17(25-2)22-11-14)24-13-19(9-10-19)15-5-3-4-6-16(15)20/h3-8,11H,9-10,12-13H2,1-2H3,(H2,21,23,24). The van der Waals surface area contributed by atoms with Crippen molar-refractivity contribution < 1.29 is 9.13 Å². The summed E-state index contributed by atoms with van der Waals surface area (Å²) in [5, 5.41) is 6.57. The first-order valence-corrected chi connectivity index (χ1v) is 8.35. The van der Waals surface area contributed by atoms with Crippen molar-refractivity contribution in [2.45, 2.75) is 24.8 Å². The van der Waals surface area contributed by atoms with Crippen molar-refractivity contribution >= 4 is 5.96 Å². The van der Waals surface area contributed by atoms with Crippen LogP contribution in [-0.2, 0) is 12.0 Å². The lowest BCUT2D eigenvalue weighted by Gasteiger charge is -2.19. The largest absolute Gasteiger partial charge is 0.481 e. The number of nitrogens with one attached hydrogen (secondary N) is 2. The van der Waals surface area contributed by atoms with Gasteiger partial charge in [-0.2, -0.15) is 0 Å². The van der Waals surface area contributed by atoms with Crippen molar-refractivity contribution in [2.75, 3.05) is 20.7 Å². The van der Waals surface area contributed by atoms with Crippen molar-refractivity contribution in [1.82, 2.24) is 15.6 Å². The summed E-state index contributed by atoms with van der Waals surface area (Å²) >= 11 is 0. The minimum Gasteiger partial charge on any atom is -0.481 e. The highest BCUT2D eigenvalue weighted by Gasteiger charge is 2.45. The van der Waals surface area contributed by atoms with E-state index in [1.54, 1.807) is 26.4 Å². The number of rotatable bonds is 6. The highest BCUT2D eigenvalue weighted by Crippen LogP contribution is 2.48. The van der Waals surface area contributed by atoms with Crippen LogP contribution >= 0.6 is 0 Å². The van der Waals surface area contributed by atoms with Crippen LogP contribution < -0.4 is 15.4 Å². The van der Waals surface area contributed by atoms with Crippen LogP contribution in [0.15, 0.2) is 47.6 Å². The van der Waals surface area contributed by atoms with Crippen LogP contribution in [-0.4, -0.2) is 31.6 Å². The Morgan fingerprint density at radius 2 is 2.04 bits per heavy atom. The molecule has 3 rings (SSSR count). The van der Waals surface area contributed by atoms with Crippen LogP contribution in [0.4, 0.5) is 4.39 Å². The Morgan fingerprint density at radius 1 is 1.24 bits per heavy atom. The molecule has 0 atom stereocenters. The van der Waals surface area contributed by atoms with Crippen LogP contribution in [0.3, 0.4) is 0 Å². The van der Waals surface area contributed by atoms with Crippen molar-refractivity contribution in [3.8, 4) is 5.88 Å². The molecule has 0 spiro atoms. The van der Waals surface area contributed by atoms with Gasteiger partial charge in [-0.1, -0.05) is 24.3 Å². The van der Waals surface area contributed by atoms with Gasteiger partial charge < -0.3 is 15.4 Å². The fraction of sp³-hybridized carbons (Fsp3) is 0.368. The van der Waals surface area contributed by atoms with Crippen LogP contribution in [0.5, 0.6) is 5.88 Å². The molecular formula is C19H23FN4O. The monoisotopic (exact) mass is 342 g/mol. The molecule has 0 saturated heterocycles. The molecule has 1 saturated carbocycles. The molecule has 1 fully saturated rings. The number of guanidine groups is 1. The van der Waals surface area contributed by atoms with Crippen molar-refractivity contribution in [2.24, 2.45) is 4.99 Å². The molecular weight excluding hydrogens is 319 g/mol. The first-order chi connectivity index (χ1) is 12.2. The SMILES string of the molecule is CN=C(NCc1ccc(OC)nc1)NCC1(c2ccccc2F)CC1. The fourth-order valence-electron chi connectivity index (χ4n) is 2.88. The van der Waals surface area contributed by atoms with E-state index >= 15 is 0 Å². The number of nitrogens with zero attached hydrogens (tertiary/aromatic N) is 2. The predicted molar refractivity (Wildman–Crippen MR) is 96.3 cm³/mol. The van der Waals surface area contributed by atoms with E-state index in [9.17, 15) is 4.39 Å². The van der Waals surface area contributed by atoms with Gasteiger partial charge in [-0.25, -0.2) is 9.37 Å². The summed E-state index contributed by atoms with van der Waals surface area (Å²) in [4.78, 5) is 8.42. The molecule has 0 unspecified atom stereocenters. The molecule has 5 nitrogen and oxygen atoms in total. The number of pyridine rings is 1. The lowest BCUT2D eigenvalue weighted by molar-refractivity contribution is 0.397. The number of ether oxygens (including phenoxy) is 1. The van der Waals surface area contributed by atoms with Gasteiger partial charge in [0.1, 0.15) is 5.82 Å². The molecule has 25 heavy (non-hydrogen) atoms. The van der Waals surface area contributed by atoms with Gasteiger partial charge in [0.25, 0.3) is 0 Å². The van der Waals surface area contributed by atoms with Crippen LogP contribution in [0.2, 0.25) is 0 Å². The van der Waals surface area contributed by atoms with E-state index in [1.807, 2.05) is 24.3 Å². The maximum absolute atomic E-state index is 14.1. The summed E-state index contributed by atoms with van der Waals surface area (Å²) in [6.45, 7) is 1.26. The zero-order chi connectivity index (χ0) is 17.7. The molecule has 1 aromatic carbocycles. The van der Waals surface area contributed by atoms with E-state index in [0.717, 1.165) is 24.0 Å². The van der Waals surface area contributed by atoms with E-state index in [0.29, 0.717) is 24.9 Å². The van der Waals surface area contributed by atoms with Gasteiger partial charge in [-0.05, 0) is 30.0 Å². The minimum absolute atomic E-state index is 0.120. The summed E-state index contributed by atoms with van der Waals surface area (Å²) in [7, 11) is 3.32. The summed E-state index contributed by atoms with van der Waals surface area (Å²) in [5.41, 5.74) is 1.70. The van der Waals surface area contributed by atoms with Crippen molar-refractivity contribution in [1.29, 1.82) is 0 Å². The molecule has 2 N–H and O–H groups in total. The number of aromatic nitrogens is 1. The Morgan fingerprint density at radius 3 is 2.64 bits per heavy atom. The second kappa shape index (κ2) is 7.51. The van der Waals surface area contributed by atoms with Gasteiger partial charge in [0.2, 0.25) is 5.88 Å². The molecule has 1 aliphatic rings. The molecule has 1 heterocycles. The number of benzene rings is 1.